The van der Waals surface area contributed by atoms with Gasteiger partial charge in [-0.25, -0.2) is 9.37 Å². The SMILES string of the molecule is Cc1c(F)cccc1-c1nc(Cl)nc(-n2ccnc2)n1. The quantitative estimate of drug-likeness (QED) is 0.728. The Morgan fingerprint density at radius 2 is 2.05 bits per heavy atom. The number of nitrogens with zero attached hydrogens (tertiary/aromatic N) is 5. The van der Waals surface area contributed by atoms with E-state index in [0.717, 1.165) is 0 Å². The lowest BCUT2D eigenvalue weighted by Gasteiger charge is -2.07. The molecule has 0 saturated heterocycles. The number of aromatic nitrogens is 5. The third kappa shape index (κ3) is 2.25. The standard InChI is InChI=1S/C13H9ClFN5/c1-8-9(3-2-4-10(8)15)11-17-12(14)19-13(18-11)20-6-5-16-7-20/h2-7H,1H3. The zero-order valence-corrected chi connectivity index (χ0v) is 11.2. The van der Waals surface area contributed by atoms with Crippen LogP contribution < -0.4 is 0 Å². The molecule has 0 atom stereocenters. The van der Waals surface area contributed by atoms with Crippen LogP contribution in [0.25, 0.3) is 17.3 Å². The summed E-state index contributed by atoms with van der Waals surface area (Å²) in [7, 11) is 0. The number of imidazole rings is 1. The number of benzene rings is 1. The molecule has 5 nitrogen and oxygen atoms in total. The minimum atomic E-state index is -0.316. The van der Waals surface area contributed by atoms with E-state index in [0.29, 0.717) is 22.9 Å². The van der Waals surface area contributed by atoms with Crippen molar-refractivity contribution in [2.75, 3.05) is 0 Å². The maximum absolute atomic E-state index is 13.6. The van der Waals surface area contributed by atoms with Crippen molar-refractivity contribution in [3.05, 3.63) is 53.6 Å². The van der Waals surface area contributed by atoms with E-state index < -0.39 is 0 Å². The van der Waals surface area contributed by atoms with Gasteiger partial charge in [-0.2, -0.15) is 15.0 Å². The van der Waals surface area contributed by atoms with Crippen LogP contribution in [-0.2, 0) is 0 Å². The molecule has 0 radical (unpaired) electrons. The first-order valence-corrected chi connectivity index (χ1v) is 6.18. The largest absolute Gasteiger partial charge is 0.274 e. The van der Waals surface area contributed by atoms with Gasteiger partial charge >= 0.3 is 0 Å². The summed E-state index contributed by atoms with van der Waals surface area (Å²) in [4.78, 5) is 16.3. The smallest absolute Gasteiger partial charge is 0.239 e. The number of hydrogen-bond donors (Lipinski definition) is 0. The highest BCUT2D eigenvalue weighted by atomic mass is 35.5. The normalized spacial score (nSPS) is 10.8. The Morgan fingerprint density at radius 1 is 1.20 bits per heavy atom. The molecule has 0 aliphatic heterocycles. The predicted molar refractivity (Wildman–Crippen MR) is 72.1 cm³/mol. The molecule has 0 spiro atoms. The van der Waals surface area contributed by atoms with Gasteiger partial charge in [0.15, 0.2) is 5.82 Å². The average Bonchev–Trinajstić information content (AvgIpc) is 2.95. The molecule has 0 saturated carbocycles. The summed E-state index contributed by atoms with van der Waals surface area (Å²) in [6, 6.07) is 4.73. The Balaban J connectivity index is 2.17. The molecule has 7 heteroatoms. The molecule has 0 fully saturated rings. The summed E-state index contributed by atoms with van der Waals surface area (Å²) in [6.45, 7) is 1.67. The van der Waals surface area contributed by atoms with E-state index in [2.05, 4.69) is 19.9 Å². The minimum absolute atomic E-state index is 0.0439. The Bertz CT molecular complexity index is 757. The lowest BCUT2D eigenvalue weighted by molar-refractivity contribution is 0.619. The molecule has 0 unspecified atom stereocenters. The minimum Gasteiger partial charge on any atom is -0.274 e. The predicted octanol–water partition coefficient (Wildman–Crippen LogP) is 2.83. The molecule has 1 aromatic carbocycles. The molecule has 0 aliphatic rings. The average molecular weight is 290 g/mol. The summed E-state index contributed by atoms with van der Waals surface area (Å²) in [5.74, 6) is 0.343. The van der Waals surface area contributed by atoms with Crippen LogP contribution in [0, 0.1) is 12.7 Å². The fourth-order valence-electron chi connectivity index (χ4n) is 1.80. The number of rotatable bonds is 2. The van der Waals surface area contributed by atoms with Gasteiger partial charge in [-0.1, -0.05) is 12.1 Å². The first kappa shape index (κ1) is 12.7. The van der Waals surface area contributed by atoms with Gasteiger partial charge < -0.3 is 0 Å². The Morgan fingerprint density at radius 3 is 2.80 bits per heavy atom. The Labute approximate surface area is 119 Å². The van der Waals surface area contributed by atoms with Gasteiger partial charge in [-0.05, 0) is 30.2 Å². The van der Waals surface area contributed by atoms with Crippen molar-refractivity contribution in [3.63, 3.8) is 0 Å². The summed E-state index contributed by atoms with van der Waals surface area (Å²) < 4.78 is 15.2. The summed E-state index contributed by atoms with van der Waals surface area (Å²) in [6.07, 6.45) is 4.84. The first-order chi connectivity index (χ1) is 9.65. The Kier molecular flexibility index (Phi) is 3.15. The summed E-state index contributed by atoms with van der Waals surface area (Å²) >= 11 is 5.92. The molecule has 20 heavy (non-hydrogen) atoms. The molecular weight excluding hydrogens is 281 g/mol. The molecule has 3 aromatic rings. The van der Waals surface area contributed by atoms with Crippen LogP contribution in [0.2, 0.25) is 5.28 Å². The highest BCUT2D eigenvalue weighted by molar-refractivity contribution is 6.28. The maximum Gasteiger partial charge on any atom is 0.239 e. The van der Waals surface area contributed by atoms with Crippen LogP contribution in [0.3, 0.4) is 0 Å². The van der Waals surface area contributed by atoms with Gasteiger partial charge in [0.05, 0.1) is 0 Å². The van der Waals surface area contributed by atoms with Gasteiger partial charge in [0.2, 0.25) is 11.2 Å². The van der Waals surface area contributed by atoms with Gasteiger partial charge in [0, 0.05) is 18.0 Å². The van der Waals surface area contributed by atoms with Crippen LogP contribution in [0.4, 0.5) is 4.39 Å². The topological polar surface area (TPSA) is 56.5 Å². The summed E-state index contributed by atoms with van der Waals surface area (Å²) in [5, 5.41) is 0.0439. The van der Waals surface area contributed by atoms with Crippen molar-refractivity contribution < 1.29 is 4.39 Å². The van der Waals surface area contributed by atoms with E-state index in [1.165, 1.54) is 6.07 Å². The summed E-state index contributed by atoms with van der Waals surface area (Å²) in [5.41, 5.74) is 1.04. The van der Waals surface area contributed by atoms with Crippen molar-refractivity contribution >= 4 is 11.6 Å². The third-order valence-electron chi connectivity index (χ3n) is 2.84. The van der Waals surface area contributed by atoms with Crippen molar-refractivity contribution in [1.82, 2.24) is 24.5 Å². The lowest BCUT2D eigenvalue weighted by Crippen LogP contribution is -2.04. The van der Waals surface area contributed by atoms with Gasteiger partial charge in [-0.3, -0.25) is 4.57 Å². The fraction of sp³-hybridized carbons (Fsp3) is 0.0769. The molecule has 0 bridgehead atoms. The van der Waals surface area contributed by atoms with Crippen LogP contribution in [0.15, 0.2) is 36.9 Å². The second kappa shape index (κ2) is 4.97. The van der Waals surface area contributed by atoms with Gasteiger partial charge in [0.25, 0.3) is 0 Å². The van der Waals surface area contributed by atoms with Crippen LogP contribution in [0.1, 0.15) is 5.56 Å². The number of hydrogen-bond acceptors (Lipinski definition) is 4. The highest BCUT2D eigenvalue weighted by Crippen LogP contribution is 2.23. The van der Waals surface area contributed by atoms with Crippen molar-refractivity contribution in [3.8, 4) is 17.3 Å². The van der Waals surface area contributed by atoms with Crippen molar-refractivity contribution in [1.29, 1.82) is 0 Å². The molecule has 2 aromatic heterocycles. The van der Waals surface area contributed by atoms with E-state index in [1.54, 1.807) is 42.3 Å². The lowest BCUT2D eigenvalue weighted by atomic mass is 10.1. The van der Waals surface area contributed by atoms with E-state index in [1.807, 2.05) is 0 Å². The molecule has 2 heterocycles. The molecule has 0 amide bonds. The fourth-order valence-corrected chi connectivity index (χ4v) is 1.96. The van der Waals surface area contributed by atoms with Gasteiger partial charge in [-0.15, -0.1) is 0 Å². The molecular formula is C13H9ClFN5. The van der Waals surface area contributed by atoms with E-state index in [9.17, 15) is 4.39 Å². The second-order valence-corrected chi connectivity index (χ2v) is 4.45. The highest BCUT2D eigenvalue weighted by Gasteiger charge is 2.12. The van der Waals surface area contributed by atoms with Crippen molar-refractivity contribution in [2.24, 2.45) is 0 Å². The Hall–Kier alpha value is -2.34. The second-order valence-electron chi connectivity index (χ2n) is 4.11. The third-order valence-corrected chi connectivity index (χ3v) is 3.01. The first-order valence-electron chi connectivity index (χ1n) is 5.80. The van der Waals surface area contributed by atoms with E-state index in [-0.39, 0.29) is 11.1 Å². The van der Waals surface area contributed by atoms with E-state index in [4.69, 9.17) is 11.6 Å². The van der Waals surface area contributed by atoms with Gasteiger partial charge in [0.1, 0.15) is 12.1 Å². The molecule has 0 N–H and O–H groups in total. The zero-order chi connectivity index (χ0) is 14.1. The van der Waals surface area contributed by atoms with Crippen LogP contribution in [-0.4, -0.2) is 24.5 Å². The molecule has 100 valence electrons. The van der Waals surface area contributed by atoms with Crippen LogP contribution in [0.5, 0.6) is 0 Å². The van der Waals surface area contributed by atoms with E-state index >= 15 is 0 Å². The molecule has 0 aliphatic carbocycles. The number of halogens is 2. The maximum atomic E-state index is 13.6. The monoisotopic (exact) mass is 289 g/mol. The van der Waals surface area contributed by atoms with Crippen molar-refractivity contribution in [2.45, 2.75) is 6.92 Å². The molecule has 3 rings (SSSR count). The zero-order valence-electron chi connectivity index (χ0n) is 10.5. The van der Waals surface area contributed by atoms with Crippen LogP contribution >= 0.6 is 11.6 Å².